The Morgan fingerprint density at radius 1 is 1.45 bits per heavy atom. The fourth-order valence-electron chi connectivity index (χ4n) is 2.35. The number of rotatable bonds is 3. The maximum atomic E-state index is 12.4. The highest BCUT2D eigenvalue weighted by Crippen LogP contribution is 2.39. The van der Waals surface area contributed by atoms with Crippen LogP contribution in [-0.2, 0) is 5.54 Å². The Labute approximate surface area is 129 Å². The molecule has 2 N–H and O–H groups in total. The summed E-state index contributed by atoms with van der Waals surface area (Å²) in [4.78, 5) is 16.6. The Balaban J connectivity index is 1.85. The van der Waals surface area contributed by atoms with Crippen LogP contribution < -0.4 is 5.32 Å². The number of hydrogen-bond donors (Lipinski definition) is 2. The van der Waals surface area contributed by atoms with Gasteiger partial charge in [-0.05, 0) is 37.5 Å². The Morgan fingerprint density at radius 2 is 2.25 bits per heavy atom. The molecule has 7 heteroatoms. The van der Waals surface area contributed by atoms with E-state index in [2.05, 4.69) is 36.4 Å². The van der Waals surface area contributed by atoms with Crippen LogP contribution in [0.4, 0.5) is 0 Å². The number of nitrogens with zero attached hydrogens (tertiary/aromatic N) is 2. The fraction of sp³-hybridized carbons (Fsp3) is 0.308. The van der Waals surface area contributed by atoms with Gasteiger partial charge in [0.2, 0.25) is 0 Å². The largest absolute Gasteiger partial charge is 0.339 e. The van der Waals surface area contributed by atoms with Crippen LogP contribution in [0.1, 0.15) is 35.4 Å². The summed E-state index contributed by atoms with van der Waals surface area (Å²) in [5, 5.41) is 10.2. The van der Waals surface area contributed by atoms with Gasteiger partial charge >= 0.3 is 0 Å². The van der Waals surface area contributed by atoms with Crippen molar-refractivity contribution in [3.05, 3.63) is 45.4 Å². The van der Waals surface area contributed by atoms with Crippen LogP contribution in [0.2, 0.25) is 5.02 Å². The normalized spacial score (nSPS) is 16.5. The van der Waals surface area contributed by atoms with Crippen LogP contribution in [0.3, 0.4) is 0 Å². The van der Waals surface area contributed by atoms with E-state index >= 15 is 0 Å². The van der Waals surface area contributed by atoms with Crippen LogP contribution in [0.5, 0.6) is 0 Å². The summed E-state index contributed by atoms with van der Waals surface area (Å²) in [7, 11) is 0. The Bertz CT molecular complexity index is 640. The van der Waals surface area contributed by atoms with Gasteiger partial charge in [-0.1, -0.05) is 27.5 Å². The molecule has 1 aliphatic carbocycles. The summed E-state index contributed by atoms with van der Waals surface area (Å²) in [6.07, 6.45) is 4.20. The predicted molar refractivity (Wildman–Crippen MR) is 78.5 cm³/mol. The molecule has 104 valence electrons. The number of aromatic amines is 1. The average Bonchev–Trinajstić information content (AvgIpc) is 2.87. The smallest absolute Gasteiger partial charge is 0.253 e. The highest BCUT2D eigenvalue weighted by Gasteiger charge is 2.43. The molecule has 1 amide bonds. The molecule has 1 saturated carbocycles. The lowest BCUT2D eigenvalue weighted by atomic mass is 9.76. The van der Waals surface area contributed by atoms with Gasteiger partial charge in [0.15, 0.2) is 0 Å². The Hall–Kier alpha value is -1.40. The first-order valence-corrected chi connectivity index (χ1v) is 7.41. The van der Waals surface area contributed by atoms with Crippen LogP contribution in [0.15, 0.2) is 29.0 Å². The van der Waals surface area contributed by atoms with E-state index in [9.17, 15) is 4.79 Å². The highest BCUT2D eigenvalue weighted by molar-refractivity contribution is 9.10. The molecule has 0 unspecified atom stereocenters. The molecule has 0 radical (unpaired) electrons. The molecule has 0 aliphatic heterocycles. The number of halogens is 2. The number of aromatic nitrogens is 3. The molecule has 1 aromatic heterocycles. The number of carbonyl (C=O) groups excluding carboxylic acids is 1. The number of amides is 1. The third-order valence-electron chi connectivity index (χ3n) is 3.60. The fourth-order valence-corrected chi connectivity index (χ4v) is 3.10. The van der Waals surface area contributed by atoms with E-state index in [-0.39, 0.29) is 5.91 Å². The zero-order valence-corrected chi connectivity index (χ0v) is 12.8. The molecule has 2 aromatic rings. The second kappa shape index (κ2) is 5.18. The van der Waals surface area contributed by atoms with E-state index in [1.807, 2.05) is 0 Å². The Kier molecular flexibility index (Phi) is 3.52. The van der Waals surface area contributed by atoms with Crippen LogP contribution in [-0.4, -0.2) is 21.1 Å². The van der Waals surface area contributed by atoms with Crippen molar-refractivity contribution in [2.45, 2.75) is 24.8 Å². The molecule has 0 atom stereocenters. The monoisotopic (exact) mass is 354 g/mol. The molecule has 1 aliphatic rings. The molecule has 1 aromatic carbocycles. The third-order valence-corrected chi connectivity index (χ3v) is 4.41. The SMILES string of the molecule is O=C(NC1(c2ncn[nH]2)CCC1)c1ccc(Br)cc1Cl. The van der Waals surface area contributed by atoms with E-state index in [4.69, 9.17) is 11.6 Å². The van der Waals surface area contributed by atoms with E-state index in [1.54, 1.807) is 18.2 Å². The molecule has 0 bridgehead atoms. The molecular weight excluding hydrogens is 344 g/mol. The quantitative estimate of drug-likeness (QED) is 0.889. The van der Waals surface area contributed by atoms with Gasteiger partial charge in [-0.3, -0.25) is 9.89 Å². The summed E-state index contributed by atoms with van der Waals surface area (Å²) in [6.45, 7) is 0. The average molecular weight is 356 g/mol. The number of H-pyrrole nitrogens is 1. The van der Waals surface area contributed by atoms with Gasteiger partial charge in [0.25, 0.3) is 5.91 Å². The van der Waals surface area contributed by atoms with Gasteiger partial charge in [0, 0.05) is 4.47 Å². The minimum Gasteiger partial charge on any atom is -0.339 e. The lowest BCUT2D eigenvalue weighted by Crippen LogP contribution is -2.51. The van der Waals surface area contributed by atoms with Crippen molar-refractivity contribution in [2.75, 3.05) is 0 Å². The molecule has 3 rings (SSSR count). The van der Waals surface area contributed by atoms with Crippen LogP contribution in [0, 0.1) is 0 Å². The third kappa shape index (κ3) is 2.33. The minimum absolute atomic E-state index is 0.196. The van der Waals surface area contributed by atoms with E-state index in [0.29, 0.717) is 16.4 Å². The van der Waals surface area contributed by atoms with E-state index in [0.717, 1.165) is 23.7 Å². The zero-order chi connectivity index (χ0) is 14.2. The molecule has 0 saturated heterocycles. The lowest BCUT2D eigenvalue weighted by Gasteiger charge is -2.40. The van der Waals surface area contributed by atoms with Gasteiger partial charge in [0.1, 0.15) is 12.2 Å². The van der Waals surface area contributed by atoms with E-state index < -0.39 is 5.54 Å². The molecule has 5 nitrogen and oxygen atoms in total. The number of hydrogen-bond acceptors (Lipinski definition) is 3. The number of benzene rings is 1. The van der Waals surface area contributed by atoms with Crippen molar-refractivity contribution >= 4 is 33.4 Å². The standard InChI is InChI=1S/C13H12BrClN4O/c14-8-2-3-9(10(15)6-8)11(20)18-13(4-1-5-13)12-16-7-17-19-12/h2-3,6-7H,1,4-5H2,(H,18,20)(H,16,17,19). The maximum absolute atomic E-state index is 12.4. The number of nitrogens with one attached hydrogen (secondary N) is 2. The molecule has 20 heavy (non-hydrogen) atoms. The molecular formula is C13H12BrClN4O. The van der Waals surface area contributed by atoms with Crippen molar-refractivity contribution in [3.63, 3.8) is 0 Å². The van der Waals surface area contributed by atoms with Crippen LogP contribution in [0.25, 0.3) is 0 Å². The summed E-state index contributed by atoms with van der Waals surface area (Å²) < 4.78 is 0.840. The topological polar surface area (TPSA) is 70.7 Å². The summed E-state index contributed by atoms with van der Waals surface area (Å²) in [6, 6.07) is 5.20. The highest BCUT2D eigenvalue weighted by atomic mass is 79.9. The summed E-state index contributed by atoms with van der Waals surface area (Å²) in [5.74, 6) is 0.504. The first-order valence-electron chi connectivity index (χ1n) is 6.24. The molecule has 1 fully saturated rings. The molecule has 1 heterocycles. The summed E-state index contributed by atoms with van der Waals surface area (Å²) in [5.41, 5.74) is 0.0185. The van der Waals surface area contributed by atoms with Crippen molar-refractivity contribution in [3.8, 4) is 0 Å². The lowest BCUT2D eigenvalue weighted by molar-refractivity contribution is 0.0810. The zero-order valence-electron chi connectivity index (χ0n) is 10.5. The predicted octanol–water partition coefficient (Wildman–Crippen LogP) is 3.03. The Morgan fingerprint density at radius 3 is 2.80 bits per heavy atom. The van der Waals surface area contributed by atoms with Gasteiger partial charge in [-0.15, -0.1) is 0 Å². The molecule has 0 spiro atoms. The van der Waals surface area contributed by atoms with Crippen molar-refractivity contribution in [1.29, 1.82) is 0 Å². The first kappa shape index (κ1) is 13.6. The van der Waals surface area contributed by atoms with E-state index in [1.165, 1.54) is 6.33 Å². The van der Waals surface area contributed by atoms with Crippen molar-refractivity contribution in [1.82, 2.24) is 20.5 Å². The second-order valence-corrected chi connectivity index (χ2v) is 6.17. The van der Waals surface area contributed by atoms with Crippen molar-refractivity contribution in [2.24, 2.45) is 0 Å². The number of carbonyl (C=O) groups is 1. The van der Waals surface area contributed by atoms with Crippen molar-refractivity contribution < 1.29 is 4.79 Å². The first-order chi connectivity index (χ1) is 9.61. The van der Waals surface area contributed by atoms with Crippen LogP contribution >= 0.6 is 27.5 Å². The maximum Gasteiger partial charge on any atom is 0.253 e. The summed E-state index contributed by atoms with van der Waals surface area (Å²) >= 11 is 9.44. The second-order valence-electron chi connectivity index (χ2n) is 4.85. The van der Waals surface area contributed by atoms with Gasteiger partial charge in [-0.2, -0.15) is 5.10 Å². The van der Waals surface area contributed by atoms with Gasteiger partial charge < -0.3 is 5.32 Å². The van der Waals surface area contributed by atoms with Gasteiger partial charge in [0.05, 0.1) is 16.1 Å². The minimum atomic E-state index is -0.440. The van der Waals surface area contributed by atoms with Gasteiger partial charge in [-0.25, -0.2) is 4.98 Å².